The van der Waals surface area contributed by atoms with E-state index in [9.17, 15) is 9.59 Å². The Bertz CT molecular complexity index is 170. The molecule has 68 valence electrons. The third-order valence-corrected chi connectivity index (χ3v) is 0.893. The SMILES string of the molecule is O=C(C=CC(=O)NCO)NCO. The van der Waals surface area contributed by atoms with E-state index in [4.69, 9.17) is 10.2 Å². The van der Waals surface area contributed by atoms with Gasteiger partial charge in [0.05, 0.1) is 0 Å². The summed E-state index contributed by atoms with van der Waals surface area (Å²) in [5, 5.41) is 20.5. The topological polar surface area (TPSA) is 98.7 Å². The summed E-state index contributed by atoms with van der Waals surface area (Å²) < 4.78 is 0. The highest BCUT2D eigenvalue weighted by Crippen LogP contribution is 1.73. The van der Waals surface area contributed by atoms with Crippen LogP contribution in [0.3, 0.4) is 0 Å². The highest BCUT2D eigenvalue weighted by Gasteiger charge is 1.94. The number of hydrogen-bond acceptors (Lipinski definition) is 4. The molecular formula is C6H10N2O4. The average molecular weight is 174 g/mol. The van der Waals surface area contributed by atoms with Crippen LogP contribution in [0.1, 0.15) is 0 Å². The molecule has 6 heteroatoms. The molecule has 0 aromatic rings. The number of carbonyl (C=O) groups is 2. The van der Waals surface area contributed by atoms with Crippen molar-refractivity contribution >= 4 is 11.8 Å². The van der Waals surface area contributed by atoms with Crippen molar-refractivity contribution in [3.05, 3.63) is 12.2 Å². The highest BCUT2D eigenvalue weighted by atomic mass is 16.3. The minimum Gasteiger partial charge on any atom is -0.376 e. The third-order valence-electron chi connectivity index (χ3n) is 0.893. The fourth-order valence-electron chi connectivity index (χ4n) is 0.425. The molecule has 0 aliphatic carbocycles. The predicted octanol–water partition coefficient (Wildman–Crippen LogP) is -2.33. The minimum absolute atomic E-state index is 0.481. The first-order valence-electron chi connectivity index (χ1n) is 3.16. The molecule has 0 unspecified atom stereocenters. The second-order valence-electron chi connectivity index (χ2n) is 1.73. The zero-order valence-electron chi connectivity index (χ0n) is 6.28. The van der Waals surface area contributed by atoms with Gasteiger partial charge in [-0.1, -0.05) is 0 Å². The van der Waals surface area contributed by atoms with Crippen LogP contribution in [0.4, 0.5) is 0 Å². The van der Waals surface area contributed by atoms with Gasteiger partial charge in [-0.2, -0.15) is 0 Å². The molecular weight excluding hydrogens is 164 g/mol. The van der Waals surface area contributed by atoms with Crippen LogP contribution in [0.2, 0.25) is 0 Å². The summed E-state index contributed by atoms with van der Waals surface area (Å²) in [4.78, 5) is 21.1. The molecule has 0 spiro atoms. The molecule has 0 aliphatic rings. The molecule has 0 aromatic heterocycles. The first-order valence-corrected chi connectivity index (χ1v) is 3.16. The van der Waals surface area contributed by atoms with Crippen LogP contribution >= 0.6 is 0 Å². The maximum absolute atomic E-state index is 10.6. The molecule has 0 rings (SSSR count). The monoisotopic (exact) mass is 174 g/mol. The lowest BCUT2D eigenvalue weighted by Crippen LogP contribution is -2.24. The smallest absolute Gasteiger partial charge is 0.245 e. The summed E-state index contributed by atoms with van der Waals surface area (Å²) in [6.45, 7) is -0.963. The normalized spacial score (nSPS) is 9.83. The van der Waals surface area contributed by atoms with Gasteiger partial charge in [0.2, 0.25) is 11.8 Å². The zero-order valence-corrected chi connectivity index (χ0v) is 6.28. The van der Waals surface area contributed by atoms with E-state index < -0.39 is 25.3 Å². The zero-order chi connectivity index (χ0) is 9.40. The van der Waals surface area contributed by atoms with Gasteiger partial charge in [-0.05, 0) is 0 Å². The van der Waals surface area contributed by atoms with Crippen molar-refractivity contribution in [1.29, 1.82) is 0 Å². The van der Waals surface area contributed by atoms with Gasteiger partial charge < -0.3 is 20.8 Å². The molecule has 0 bridgehead atoms. The number of hydrogen-bond donors (Lipinski definition) is 4. The molecule has 0 atom stereocenters. The minimum atomic E-state index is -0.578. The Morgan fingerprint density at radius 2 is 1.33 bits per heavy atom. The summed E-state index contributed by atoms with van der Waals surface area (Å²) in [6.07, 6.45) is 1.89. The van der Waals surface area contributed by atoms with Crippen LogP contribution in [-0.4, -0.2) is 35.5 Å². The van der Waals surface area contributed by atoms with Gasteiger partial charge in [-0.3, -0.25) is 9.59 Å². The predicted molar refractivity (Wildman–Crippen MR) is 39.6 cm³/mol. The Morgan fingerprint density at radius 3 is 1.58 bits per heavy atom. The number of aliphatic hydroxyl groups is 2. The Kier molecular flexibility index (Phi) is 5.58. The number of amides is 2. The second-order valence-corrected chi connectivity index (χ2v) is 1.73. The number of aliphatic hydroxyl groups excluding tert-OH is 2. The van der Waals surface area contributed by atoms with Crippen LogP contribution in [0.15, 0.2) is 12.2 Å². The molecule has 0 fully saturated rings. The summed E-state index contributed by atoms with van der Waals surface area (Å²) >= 11 is 0. The van der Waals surface area contributed by atoms with Crippen LogP contribution in [0, 0.1) is 0 Å². The van der Waals surface area contributed by atoms with Crippen molar-refractivity contribution in [3.63, 3.8) is 0 Å². The molecule has 4 N–H and O–H groups in total. The quantitative estimate of drug-likeness (QED) is 0.284. The van der Waals surface area contributed by atoms with Crippen LogP contribution in [0.25, 0.3) is 0 Å². The van der Waals surface area contributed by atoms with Crippen molar-refractivity contribution in [2.45, 2.75) is 0 Å². The van der Waals surface area contributed by atoms with E-state index in [0.29, 0.717) is 0 Å². The lowest BCUT2D eigenvalue weighted by Gasteiger charge is -1.95. The molecule has 12 heavy (non-hydrogen) atoms. The van der Waals surface area contributed by atoms with Crippen LogP contribution in [0.5, 0.6) is 0 Å². The molecule has 6 nitrogen and oxygen atoms in total. The van der Waals surface area contributed by atoms with Gasteiger partial charge >= 0.3 is 0 Å². The first-order chi connectivity index (χ1) is 5.70. The van der Waals surface area contributed by atoms with E-state index in [1.54, 1.807) is 0 Å². The lowest BCUT2D eigenvalue weighted by molar-refractivity contribution is -0.119. The summed E-state index contributed by atoms with van der Waals surface area (Å²) in [5.41, 5.74) is 0. The maximum atomic E-state index is 10.6. The van der Waals surface area contributed by atoms with Gasteiger partial charge in [-0.15, -0.1) is 0 Å². The standard InChI is InChI=1S/C6H10N2O4/c9-3-7-5(11)1-2-6(12)8-4-10/h1-2,9-10H,3-4H2,(H,7,11)(H,8,12). The molecule has 0 saturated carbocycles. The second kappa shape index (κ2) is 6.32. The summed E-state index contributed by atoms with van der Waals surface area (Å²) in [6, 6.07) is 0. The van der Waals surface area contributed by atoms with Crippen molar-refractivity contribution < 1.29 is 19.8 Å². The molecule has 0 radical (unpaired) electrons. The Labute approximate surface area is 68.9 Å². The molecule has 0 aliphatic heterocycles. The average Bonchev–Trinajstić information content (AvgIpc) is 2.02. The number of rotatable bonds is 4. The fraction of sp³-hybridized carbons (Fsp3) is 0.333. The van der Waals surface area contributed by atoms with E-state index in [0.717, 1.165) is 12.2 Å². The van der Waals surface area contributed by atoms with Crippen molar-refractivity contribution in [1.82, 2.24) is 10.6 Å². The first kappa shape index (κ1) is 10.6. The van der Waals surface area contributed by atoms with Crippen LogP contribution in [-0.2, 0) is 9.59 Å². The molecule has 0 heterocycles. The van der Waals surface area contributed by atoms with E-state index in [2.05, 4.69) is 0 Å². The maximum Gasteiger partial charge on any atom is 0.245 e. The van der Waals surface area contributed by atoms with Crippen molar-refractivity contribution in [2.75, 3.05) is 13.5 Å². The van der Waals surface area contributed by atoms with E-state index in [1.165, 1.54) is 0 Å². The molecule has 2 amide bonds. The van der Waals surface area contributed by atoms with E-state index >= 15 is 0 Å². The number of nitrogens with one attached hydrogen (secondary N) is 2. The largest absolute Gasteiger partial charge is 0.376 e. The van der Waals surface area contributed by atoms with Gasteiger partial charge in [0.25, 0.3) is 0 Å². The summed E-state index contributed by atoms with van der Waals surface area (Å²) in [5.74, 6) is -1.16. The lowest BCUT2D eigenvalue weighted by atomic mass is 10.4. The third kappa shape index (κ3) is 5.39. The van der Waals surface area contributed by atoms with E-state index in [1.807, 2.05) is 10.6 Å². The molecule has 0 aromatic carbocycles. The molecule has 0 saturated heterocycles. The van der Waals surface area contributed by atoms with Gasteiger partial charge in [0.15, 0.2) is 0 Å². The van der Waals surface area contributed by atoms with Crippen LogP contribution < -0.4 is 10.6 Å². The van der Waals surface area contributed by atoms with Crippen molar-refractivity contribution in [3.8, 4) is 0 Å². The van der Waals surface area contributed by atoms with Gasteiger partial charge in [-0.25, -0.2) is 0 Å². The Balaban J connectivity index is 3.73. The van der Waals surface area contributed by atoms with Gasteiger partial charge in [0, 0.05) is 12.2 Å². The highest BCUT2D eigenvalue weighted by molar-refractivity contribution is 5.96. The Morgan fingerprint density at radius 1 is 1.00 bits per heavy atom. The Hall–Kier alpha value is -1.40. The summed E-state index contributed by atoms with van der Waals surface area (Å²) in [7, 11) is 0. The van der Waals surface area contributed by atoms with Crippen molar-refractivity contribution in [2.24, 2.45) is 0 Å². The fourth-order valence-corrected chi connectivity index (χ4v) is 0.425. The van der Waals surface area contributed by atoms with E-state index in [-0.39, 0.29) is 0 Å². The van der Waals surface area contributed by atoms with Gasteiger partial charge in [0.1, 0.15) is 13.5 Å². The number of carbonyl (C=O) groups excluding carboxylic acids is 2.